The maximum Gasteiger partial charge on any atom is 0.433 e. The van der Waals surface area contributed by atoms with Gasteiger partial charge < -0.3 is 10.0 Å². The molecule has 1 atom stereocenters. The minimum atomic E-state index is -4.66. The summed E-state index contributed by atoms with van der Waals surface area (Å²) in [5.41, 5.74) is -1.16. The summed E-state index contributed by atoms with van der Waals surface area (Å²) < 4.78 is 39.4. The van der Waals surface area contributed by atoms with Gasteiger partial charge in [-0.15, -0.1) is 0 Å². The van der Waals surface area contributed by atoms with E-state index in [0.29, 0.717) is 0 Å². The van der Waals surface area contributed by atoms with Gasteiger partial charge in [0.05, 0.1) is 0 Å². The summed E-state index contributed by atoms with van der Waals surface area (Å²) in [6.07, 6.45) is -3.61. The first-order chi connectivity index (χ1) is 9.21. The molecule has 0 aliphatic carbocycles. The molecule has 0 aliphatic heterocycles. The predicted octanol–water partition coefficient (Wildman–Crippen LogP) is 1.05. The third-order valence-electron chi connectivity index (χ3n) is 2.82. The van der Waals surface area contributed by atoms with Gasteiger partial charge in [-0.2, -0.15) is 27.8 Å². The van der Waals surface area contributed by atoms with Gasteiger partial charge in [-0.05, 0) is 6.92 Å². The molecule has 0 fully saturated rings. The number of hydrogen-bond acceptors (Lipinski definition) is 5. The summed E-state index contributed by atoms with van der Waals surface area (Å²) in [4.78, 5) is 19.0. The highest BCUT2D eigenvalue weighted by molar-refractivity contribution is 5.77. The van der Waals surface area contributed by atoms with Crippen LogP contribution in [-0.2, 0) is 11.0 Å². The normalized spacial score (nSPS) is 13.4. The van der Waals surface area contributed by atoms with E-state index in [1.165, 1.54) is 14.0 Å². The van der Waals surface area contributed by atoms with Gasteiger partial charge in [-0.25, -0.2) is 9.78 Å². The molecule has 2 aromatic heterocycles. The van der Waals surface area contributed by atoms with Crippen LogP contribution in [0.15, 0.2) is 12.4 Å². The van der Waals surface area contributed by atoms with Crippen molar-refractivity contribution < 1.29 is 23.1 Å². The maximum absolute atomic E-state index is 12.8. The van der Waals surface area contributed by atoms with E-state index in [0.717, 1.165) is 21.8 Å². The van der Waals surface area contributed by atoms with Crippen LogP contribution >= 0.6 is 0 Å². The van der Waals surface area contributed by atoms with E-state index in [1.54, 1.807) is 0 Å². The molecule has 0 saturated carbocycles. The zero-order chi connectivity index (χ0) is 15.1. The summed E-state index contributed by atoms with van der Waals surface area (Å²) >= 11 is 0. The number of halogens is 3. The molecule has 0 bridgehead atoms. The second-order valence-electron chi connectivity index (χ2n) is 4.09. The molecule has 108 valence electrons. The van der Waals surface area contributed by atoms with Crippen LogP contribution < -0.4 is 4.90 Å². The lowest BCUT2D eigenvalue weighted by Gasteiger charge is -2.24. The smallest absolute Gasteiger partial charge is 0.433 e. The lowest BCUT2D eigenvalue weighted by molar-refractivity contribution is -0.141. The predicted molar refractivity (Wildman–Crippen MR) is 61.3 cm³/mol. The second kappa shape index (κ2) is 4.62. The highest BCUT2D eigenvalue weighted by Crippen LogP contribution is 2.30. The zero-order valence-electron chi connectivity index (χ0n) is 10.5. The Hall–Kier alpha value is -2.39. The van der Waals surface area contributed by atoms with Crippen LogP contribution in [-0.4, -0.2) is 43.7 Å². The fraction of sp³-hybridized carbons (Fsp3) is 0.400. The van der Waals surface area contributed by atoms with E-state index in [4.69, 9.17) is 5.11 Å². The van der Waals surface area contributed by atoms with E-state index in [9.17, 15) is 18.0 Å². The molecule has 2 rings (SSSR count). The molecule has 2 aromatic rings. The third kappa shape index (κ3) is 2.36. The van der Waals surface area contributed by atoms with Crippen molar-refractivity contribution in [2.45, 2.75) is 19.1 Å². The number of aliphatic carboxylic acids is 1. The van der Waals surface area contributed by atoms with Gasteiger partial charge in [0, 0.05) is 13.1 Å². The van der Waals surface area contributed by atoms with Gasteiger partial charge in [-0.1, -0.05) is 0 Å². The van der Waals surface area contributed by atoms with Crippen molar-refractivity contribution in [2.24, 2.45) is 0 Å². The van der Waals surface area contributed by atoms with Gasteiger partial charge in [0.25, 0.3) is 5.78 Å². The van der Waals surface area contributed by atoms with Crippen LogP contribution in [0.3, 0.4) is 0 Å². The van der Waals surface area contributed by atoms with Crippen molar-refractivity contribution in [3.05, 3.63) is 18.1 Å². The Kier molecular flexibility index (Phi) is 3.24. The summed E-state index contributed by atoms with van der Waals surface area (Å²) in [7, 11) is 1.36. The molecule has 1 N–H and O–H groups in total. The number of alkyl halides is 3. The van der Waals surface area contributed by atoms with Gasteiger partial charge in [0.2, 0.25) is 0 Å². The number of rotatable bonds is 3. The molecule has 7 nitrogen and oxygen atoms in total. The Morgan fingerprint density at radius 2 is 2.15 bits per heavy atom. The summed E-state index contributed by atoms with van der Waals surface area (Å²) in [5.74, 6) is -1.49. The number of carboxylic acid groups (broad SMARTS) is 1. The van der Waals surface area contributed by atoms with Crippen LogP contribution in [0.25, 0.3) is 5.78 Å². The van der Waals surface area contributed by atoms with Crippen molar-refractivity contribution in [1.29, 1.82) is 0 Å². The number of anilines is 1. The Morgan fingerprint density at radius 1 is 1.50 bits per heavy atom. The zero-order valence-corrected chi connectivity index (χ0v) is 10.5. The number of carboxylic acids is 1. The monoisotopic (exact) mass is 289 g/mol. The van der Waals surface area contributed by atoms with E-state index in [1.807, 2.05) is 0 Å². The number of carbonyl (C=O) groups is 1. The average molecular weight is 289 g/mol. The number of aromatic nitrogens is 4. The topological polar surface area (TPSA) is 83.6 Å². The van der Waals surface area contributed by atoms with Gasteiger partial charge >= 0.3 is 12.1 Å². The number of fused-ring (bicyclic) bond motifs is 1. The van der Waals surface area contributed by atoms with Crippen molar-refractivity contribution in [3.8, 4) is 0 Å². The standard InChI is InChI=1S/C10H10F3N5O2/c1-5(8(19)20)17(2)7-3-6(10(11,12)13)16-9-14-4-15-18(7)9/h3-5H,1-2H3,(H,19,20). The highest BCUT2D eigenvalue weighted by Gasteiger charge is 2.35. The molecule has 0 spiro atoms. The molecule has 1 unspecified atom stereocenters. The van der Waals surface area contributed by atoms with E-state index in [-0.39, 0.29) is 11.6 Å². The Balaban J connectivity index is 2.61. The molecule has 0 saturated heterocycles. The highest BCUT2D eigenvalue weighted by atomic mass is 19.4. The van der Waals surface area contributed by atoms with E-state index in [2.05, 4.69) is 15.1 Å². The van der Waals surface area contributed by atoms with Crippen molar-refractivity contribution in [2.75, 3.05) is 11.9 Å². The van der Waals surface area contributed by atoms with Gasteiger partial charge in [-0.3, -0.25) is 0 Å². The molecule has 2 heterocycles. The Morgan fingerprint density at radius 3 is 2.70 bits per heavy atom. The van der Waals surface area contributed by atoms with Crippen LogP contribution in [0.5, 0.6) is 0 Å². The first-order valence-electron chi connectivity index (χ1n) is 5.45. The minimum absolute atomic E-state index is 0.0604. The molecular formula is C10H10F3N5O2. The second-order valence-corrected chi connectivity index (χ2v) is 4.09. The maximum atomic E-state index is 12.8. The lowest BCUT2D eigenvalue weighted by atomic mass is 10.3. The Labute approximate surface area is 110 Å². The van der Waals surface area contributed by atoms with E-state index >= 15 is 0 Å². The summed E-state index contributed by atoms with van der Waals surface area (Å²) in [6.45, 7) is 1.35. The summed E-state index contributed by atoms with van der Waals surface area (Å²) in [6, 6.07) is -0.299. The summed E-state index contributed by atoms with van der Waals surface area (Å²) in [5, 5.41) is 12.7. The van der Waals surface area contributed by atoms with E-state index < -0.39 is 23.9 Å². The Bertz CT molecular complexity index is 654. The van der Waals surface area contributed by atoms with Crippen LogP contribution in [0, 0.1) is 0 Å². The third-order valence-corrected chi connectivity index (χ3v) is 2.82. The SMILES string of the molecule is CC(C(=O)O)N(C)c1cc(C(F)(F)F)nc2ncnn12. The largest absolute Gasteiger partial charge is 0.480 e. The van der Waals surface area contributed by atoms with Crippen molar-refractivity contribution in [1.82, 2.24) is 19.6 Å². The first-order valence-corrected chi connectivity index (χ1v) is 5.45. The number of hydrogen-bond donors (Lipinski definition) is 1. The van der Waals surface area contributed by atoms with Crippen LogP contribution in [0.2, 0.25) is 0 Å². The van der Waals surface area contributed by atoms with Crippen molar-refractivity contribution >= 4 is 17.6 Å². The van der Waals surface area contributed by atoms with Gasteiger partial charge in [0.1, 0.15) is 18.2 Å². The van der Waals surface area contributed by atoms with Gasteiger partial charge in [0.15, 0.2) is 5.69 Å². The molecular weight excluding hydrogens is 279 g/mol. The first kappa shape index (κ1) is 14.0. The molecule has 20 heavy (non-hydrogen) atoms. The van der Waals surface area contributed by atoms with Crippen LogP contribution in [0.4, 0.5) is 19.0 Å². The number of likely N-dealkylation sites (N-methyl/N-ethyl adjacent to an activating group) is 1. The molecule has 0 aliphatic rings. The van der Waals surface area contributed by atoms with Crippen LogP contribution in [0.1, 0.15) is 12.6 Å². The molecule has 10 heteroatoms. The molecule has 0 amide bonds. The molecule has 0 radical (unpaired) electrons. The van der Waals surface area contributed by atoms with Crippen molar-refractivity contribution in [3.63, 3.8) is 0 Å². The average Bonchev–Trinajstić information content (AvgIpc) is 2.82. The minimum Gasteiger partial charge on any atom is -0.480 e. The molecule has 0 aromatic carbocycles. The lowest BCUT2D eigenvalue weighted by Crippen LogP contribution is -2.37. The number of nitrogens with zero attached hydrogens (tertiary/aromatic N) is 5. The quantitative estimate of drug-likeness (QED) is 0.909. The fourth-order valence-corrected chi connectivity index (χ4v) is 1.56. The fourth-order valence-electron chi connectivity index (χ4n) is 1.56.